The van der Waals surface area contributed by atoms with Gasteiger partial charge in [0.1, 0.15) is 0 Å². The Morgan fingerprint density at radius 2 is 2.04 bits per heavy atom. The summed E-state index contributed by atoms with van der Waals surface area (Å²) in [6, 6.07) is 10.3. The Balaban J connectivity index is 1.53. The minimum Gasteiger partial charge on any atom is -0.317 e. The van der Waals surface area contributed by atoms with Crippen molar-refractivity contribution in [2.24, 2.45) is 0 Å². The molecule has 1 amide bonds. The molecule has 2 aromatic heterocycles. The van der Waals surface area contributed by atoms with Crippen LogP contribution in [0.3, 0.4) is 0 Å². The first-order valence-corrected chi connectivity index (χ1v) is 9.65. The number of pyridine rings is 1. The molecule has 4 heterocycles. The molecule has 6 heteroatoms. The molecule has 6 nitrogen and oxygen atoms in total. The van der Waals surface area contributed by atoms with E-state index in [1.807, 2.05) is 28.6 Å². The number of carbonyl (C=O) groups excluding carboxylic acids is 1. The monoisotopic (exact) mass is 361 g/mol. The van der Waals surface area contributed by atoms with E-state index in [4.69, 9.17) is 0 Å². The molecule has 1 N–H and O–H groups in total. The van der Waals surface area contributed by atoms with Crippen LogP contribution in [0.25, 0.3) is 11.0 Å². The molecule has 27 heavy (non-hydrogen) atoms. The number of nitrogens with zero attached hydrogens (tertiary/aromatic N) is 4. The number of piperidine rings is 1. The number of para-hydroxylation sites is 1. The summed E-state index contributed by atoms with van der Waals surface area (Å²) in [5, 5.41) is 8.70. The van der Waals surface area contributed by atoms with E-state index in [9.17, 15) is 4.79 Å². The van der Waals surface area contributed by atoms with Crippen LogP contribution in [0.15, 0.2) is 42.7 Å². The number of nitrogens with one attached hydrogen (secondary N) is 1. The zero-order valence-electron chi connectivity index (χ0n) is 15.5. The quantitative estimate of drug-likeness (QED) is 0.762. The van der Waals surface area contributed by atoms with Crippen LogP contribution in [-0.4, -0.2) is 40.3 Å². The molecule has 1 aromatic carbocycles. The number of rotatable bonds is 2. The summed E-state index contributed by atoms with van der Waals surface area (Å²) in [4.78, 5) is 19.9. The molecular formula is C21H23N5O. The van der Waals surface area contributed by atoms with Crippen molar-refractivity contribution in [3.8, 4) is 0 Å². The number of aryl methyl sites for hydroxylation is 1. The number of hydrogen-bond acceptors (Lipinski definition) is 4. The Kier molecular flexibility index (Phi) is 3.75. The second-order valence-corrected chi connectivity index (χ2v) is 7.54. The maximum Gasteiger partial charge on any atom is 0.259 e. The maximum absolute atomic E-state index is 13.4. The Labute approximate surface area is 158 Å². The molecular weight excluding hydrogens is 338 g/mol. The van der Waals surface area contributed by atoms with E-state index >= 15 is 0 Å². The van der Waals surface area contributed by atoms with Gasteiger partial charge in [0, 0.05) is 35.8 Å². The van der Waals surface area contributed by atoms with Crippen molar-refractivity contribution in [2.75, 3.05) is 24.5 Å². The third kappa shape index (κ3) is 2.47. The van der Waals surface area contributed by atoms with Gasteiger partial charge in [-0.3, -0.25) is 4.79 Å². The van der Waals surface area contributed by atoms with Crippen molar-refractivity contribution in [3.05, 3.63) is 53.9 Å². The summed E-state index contributed by atoms with van der Waals surface area (Å²) < 4.78 is 1.85. The normalized spacial score (nSPS) is 18.2. The largest absolute Gasteiger partial charge is 0.317 e. The second-order valence-electron chi connectivity index (χ2n) is 7.54. The Hall–Kier alpha value is -2.73. The third-order valence-corrected chi connectivity index (χ3v) is 6.06. The summed E-state index contributed by atoms with van der Waals surface area (Å²) in [5.41, 5.74) is 3.88. The first-order valence-electron chi connectivity index (χ1n) is 9.65. The average molecular weight is 361 g/mol. The van der Waals surface area contributed by atoms with Crippen molar-refractivity contribution in [1.29, 1.82) is 0 Å². The van der Waals surface area contributed by atoms with Gasteiger partial charge in [-0.1, -0.05) is 18.2 Å². The number of benzene rings is 1. The van der Waals surface area contributed by atoms with Gasteiger partial charge in [-0.2, -0.15) is 5.10 Å². The fourth-order valence-electron chi connectivity index (χ4n) is 4.62. The predicted octanol–water partition coefficient (Wildman–Crippen LogP) is 2.73. The van der Waals surface area contributed by atoms with Crippen LogP contribution >= 0.6 is 0 Å². The molecule has 0 atom stereocenters. The minimum atomic E-state index is 0.0245. The van der Waals surface area contributed by atoms with Gasteiger partial charge >= 0.3 is 0 Å². The Bertz CT molecular complexity index is 1020. The summed E-state index contributed by atoms with van der Waals surface area (Å²) in [7, 11) is 0. The van der Waals surface area contributed by atoms with Gasteiger partial charge in [0.05, 0.1) is 11.8 Å². The topological polar surface area (TPSA) is 63.1 Å². The van der Waals surface area contributed by atoms with Crippen LogP contribution in [0.2, 0.25) is 0 Å². The molecule has 2 aliphatic heterocycles. The van der Waals surface area contributed by atoms with E-state index in [1.54, 1.807) is 12.4 Å². The Morgan fingerprint density at radius 1 is 1.22 bits per heavy atom. The molecule has 5 rings (SSSR count). The van der Waals surface area contributed by atoms with Crippen LogP contribution in [0.4, 0.5) is 5.69 Å². The Morgan fingerprint density at radius 3 is 2.85 bits per heavy atom. The van der Waals surface area contributed by atoms with E-state index in [2.05, 4.69) is 33.6 Å². The van der Waals surface area contributed by atoms with Crippen LogP contribution in [0, 0.1) is 0 Å². The van der Waals surface area contributed by atoms with E-state index in [0.29, 0.717) is 5.56 Å². The number of fused-ring (bicyclic) bond motifs is 3. The van der Waals surface area contributed by atoms with Gasteiger partial charge in [-0.05, 0) is 50.6 Å². The zero-order chi connectivity index (χ0) is 18.4. The van der Waals surface area contributed by atoms with Crippen molar-refractivity contribution in [3.63, 3.8) is 0 Å². The first-order chi connectivity index (χ1) is 13.2. The average Bonchev–Trinajstić information content (AvgIpc) is 3.27. The number of amides is 1. The fraction of sp³-hybridized carbons (Fsp3) is 0.381. The highest BCUT2D eigenvalue weighted by Gasteiger charge is 2.45. The molecule has 3 aromatic rings. The van der Waals surface area contributed by atoms with Crippen molar-refractivity contribution in [2.45, 2.75) is 31.7 Å². The molecule has 0 aliphatic carbocycles. The SMILES string of the molecule is CCn1ncc2cc(C(=O)N3CC4(CCNCC4)c4ccccc43)cnc21. The van der Waals surface area contributed by atoms with Gasteiger partial charge in [0.25, 0.3) is 5.91 Å². The molecule has 138 valence electrons. The highest BCUT2D eigenvalue weighted by atomic mass is 16.2. The molecule has 0 saturated carbocycles. The lowest BCUT2D eigenvalue weighted by atomic mass is 9.75. The van der Waals surface area contributed by atoms with Crippen molar-refractivity contribution < 1.29 is 4.79 Å². The molecule has 1 fully saturated rings. The lowest BCUT2D eigenvalue weighted by Gasteiger charge is -2.34. The smallest absolute Gasteiger partial charge is 0.259 e. The van der Waals surface area contributed by atoms with E-state index < -0.39 is 0 Å². The van der Waals surface area contributed by atoms with Gasteiger partial charge < -0.3 is 10.2 Å². The molecule has 0 bridgehead atoms. The third-order valence-electron chi connectivity index (χ3n) is 6.06. The lowest BCUT2D eigenvalue weighted by molar-refractivity contribution is 0.0982. The summed E-state index contributed by atoms with van der Waals surface area (Å²) in [6.07, 6.45) is 5.60. The van der Waals surface area contributed by atoms with Crippen LogP contribution < -0.4 is 10.2 Å². The van der Waals surface area contributed by atoms with Crippen molar-refractivity contribution >= 4 is 22.6 Å². The summed E-state index contributed by atoms with van der Waals surface area (Å²) >= 11 is 0. The van der Waals surface area contributed by atoms with Gasteiger partial charge in [0.2, 0.25) is 0 Å². The highest BCUT2D eigenvalue weighted by molar-refractivity contribution is 6.08. The molecule has 1 saturated heterocycles. The molecule has 0 unspecified atom stereocenters. The van der Waals surface area contributed by atoms with Crippen molar-refractivity contribution in [1.82, 2.24) is 20.1 Å². The predicted molar refractivity (Wildman–Crippen MR) is 105 cm³/mol. The molecule has 0 radical (unpaired) electrons. The number of anilines is 1. The highest BCUT2D eigenvalue weighted by Crippen LogP contribution is 2.46. The van der Waals surface area contributed by atoms with Gasteiger partial charge in [-0.15, -0.1) is 0 Å². The first kappa shape index (κ1) is 16.4. The minimum absolute atomic E-state index is 0.0245. The zero-order valence-corrected chi connectivity index (χ0v) is 15.5. The number of aromatic nitrogens is 3. The van der Waals surface area contributed by atoms with E-state index in [-0.39, 0.29) is 11.3 Å². The standard InChI is InChI=1S/C21H23N5O/c1-2-26-19-15(13-24-26)11-16(12-23-19)20(27)25-14-21(7-9-22-10-8-21)17-5-3-4-6-18(17)25/h3-6,11-13,22H,2,7-10,14H2,1H3. The van der Waals surface area contributed by atoms with Gasteiger partial charge in [0.15, 0.2) is 5.65 Å². The van der Waals surface area contributed by atoms with Crippen LogP contribution in [-0.2, 0) is 12.0 Å². The lowest BCUT2D eigenvalue weighted by Crippen LogP contribution is -2.44. The number of hydrogen-bond donors (Lipinski definition) is 1. The molecule has 1 spiro atoms. The van der Waals surface area contributed by atoms with E-state index in [0.717, 1.165) is 55.7 Å². The van der Waals surface area contributed by atoms with Crippen LogP contribution in [0.1, 0.15) is 35.7 Å². The second kappa shape index (κ2) is 6.16. The fourth-order valence-corrected chi connectivity index (χ4v) is 4.62. The maximum atomic E-state index is 13.4. The van der Waals surface area contributed by atoms with E-state index in [1.165, 1.54) is 5.56 Å². The molecule has 2 aliphatic rings. The summed E-state index contributed by atoms with van der Waals surface area (Å²) in [6.45, 7) is 5.55. The summed E-state index contributed by atoms with van der Waals surface area (Å²) in [5.74, 6) is 0.0245. The number of carbonyl (C=O) groups is 1. The van der Waals surface area contributed by atoms with Gasteiger partial charge in [-0.25, -0.2) is 9.67 Å². The van der Waals surface area contributed by atoms with Crippen LogP contribution in [0.5, 0.6) is 0 Å².